The molecule has 3 aromatic carbocycles. The quantitative estimate of drug-likeness (QED) is 0.513. The minimum atomic E-state index is -0.744. The molecule has 0 aliphatic rings. The van der Waals surface area contributed by atoms with Crippen LogP contribution in [0.4, 0.5) is 11.4 Å². The number of carbonyl (C=O) groups excluding carboxylic acids is 2. The second kappa shape index (κ2) is 8.30. The third-order valence-electron chi connectivity index (χ3n) is 4.18. The summed E-state index contributed by atoms with van der Waals surface area (Å²) in [7, 11) is 1.26. The molecule has 0 saturated heterocycles. The van der Waals surface area contributed by atoms with Gasteiger partial charge in [0, 0.05) is 10.9 Å². The molecular weight excluding hydrogens is 358 g/mol. The molecule has 0 saturated carbocycles. The van der Waals surface area contributed by atoms with Crippen LogP contribution in [0.15, 0.2) is 70.9 Å². The van der Waals surface area contributed by atoms with Gasteiger partial charge >= 0.3 is 5.97 Å². The third kappa shape index (κ3) is 4.15. The molecule has 1 atom stereocenters. The van der Waals surface area contributed by atoms with Gasteiger partial charge in [0.2, 0.25) is 0 Å². The van der Waals surface area contributed by atoms with E-state index in [4.69, 9.17) is 0 Å². The summed E-state index contributed by atoms with van der Waals surface area (Å²) in [5.41, 5.74) is 1.28. The zero-order chi connectivity index (χ0) is 20.1. The van der Waals surface area contributed by atoms with Crippen LogP contribution < -0.4 is 5.32 Å². The molecule has 0 radical (unpaired) electrons. The fourth-order valence-electron chi connectivity index (χ4n) is 2.65. The van der Waals surface area contributed by atoms with Gasteiger partial charge in [0.05, 0.1) is 12.8 Å². The first-order chi connectivity index (χ1) is 13.5. The van der Waals surface area contributed by atoms with Crippen molar-refractivity contribution in [3.05, 3.63) is 66.2 Å². The van der Waals surface area contributed by atoms with Gasteiger partial charge in [-0.1, -0.05) is 30.3 Å². The topological polar surface area (TPSA) is 100 Å². The number of fused-ring (bicyclic) bond motifs is 1. The lowest BCUT2D eigenvalue weighted by Gasteiger charge is -2.11. The summed E-state index contributed by atoms with van der Waals surface area (Å²) in [6.45, 7) is 1.54. The molecule has 0 bridgehead atoms. The lowest BCUT2D eigenvalue weighted by atomic mass is 10.1. The monoisotopic (exact) mass is 377 g/mol. The summed E-state index contributed by atoms with van der Waals surface area (Å²) in [5, 5.41) is 22.7. The first-order valence-electron chi connectivity index (χ1n) is 8.61. The molecule has 7 heteroatoms. The number of phenols is 1. The van der Waals surface area contributed by atoms with Crippen LogP contribution in [0.2, 0.25) is 0 Å². The van der Waals surface area contributed by atoms with E-state index >= 15 is 0 Å². The molecule has 0 aromatic heterocycles. The Morgan fingerprint density at radius 1 is 1.00 bits per heavy atom. The predicted octanol–water partition coefficient (Wildman–Crippen LogP) is 4.25. The van der Waals surface area contributed by atoms with Gasteiger partial charge in [-0.25, -0.2) is 4.79 Å². The molecule has 3 rings (SSSR count). The summed E-state index contributed by atoms with van der Waals surface area (Å²) in [6.07, 6.45) is 0. The number of ether oxygens (including phenoxy) is 1. The Morgan fingerprint density at radius 3 is 2.43 bits per heavy atom. The van der Waals surface area contributed by atoms with Crippen LogP contribution in [0.25, 0.3) is 10.8 Å². The fraction of sp³-hybridized carbons (Fsp3) is 0.143. The highest BCUT2D eigenvalue weighted by Gasteiger charge is 2.16. The number of nitrogens with zero attached hydrogens (tertiary/aromatic N) is 2. The third-order valence-corrected chi connectivity index (χ3v) is 4.18. The van der Waals surface area contributed by atoms with Gasteiger partial charge in [0.15, 0.2) is 0 Å². The van der Waals surface area contributed by atoms with E-state index in [2.05, 4.69) is 20.3 Å². The molecule has 7 nitrogen and oxygen atoms in total. The Morgan fingerprint density at radius 2 is 1.71 bits per heavy atom. The minimum Gasteiger partial charge on any atom is -0.506 e. The van der Waals surface area contributed by atoms with E-state index in [1.165, 1.54) is 7.11 Å². The van der Waals surface area contributed by atoms with Crippen LogP contribution in [0, 0.1) is 0 Å². The van der Waals surface area contributed by atoms with E-state index in [1.807, 2.05) is 30.3 Å². The number of benzene rings is 3. The Bertz CT molecular complexity index is 1050. The maximum atomic E-state index is 12.2. The van der Waals surface area contributed by atoms with E-state index in [9.17, 15) is 14.7 Å². The average molecular weight is 377 g/mol. The molecule has 2 N–H and O–H groups in total. The molecule has 3 aromatic rings. The Labute approximate surface area is 161 Å². The molecule has 0 unspecified atom stereocenters. The van der Waals surface area contributed by atoms with Crippen molar-refractivity contribution < 1.29 is 19.4 Å². The number of carbonyl (C=O) groups is 2. The summed E-state index contributed by atoms with van der Waals surface area (Å²) >= 11 is 0. The number of azo groups is 1. The largest absolute Gasteiger partial charge is 0.506 e. The van der Waals surface area contributed by atoms with Gasteiger partial charge < -0.3 is 15.2 Å². The van der Waals surface area contributed by atoms with Gasteiger partial charge in [-0.15, -0.1) is 5.11 Å². The molecule has 142 valence electrons. The number of esters is 1. The van der Waals surface area contributed by atoms with Crippen molar-refractivity contribution >= 4 is 34.0 Å². The van der Waals surface area contributed by atoms with Crippen molar-refractivity contribution in [3.8, 4) is 5.75 Å². The number of aromatic hydroxyl groups is 1. The van der Waals surface area contributed by atoms with Crippen molar-refractivity contribution in [2.75, 3.05) is 7.11 Å². The molecule has 0 fully saturated rings. The molecule has 28 heavy (non-hydrogen) atoms. The number of amides is 1. The van der Waals surface area contributed by atoms with Crippen molar-refractivity contribution in [2.45, 2.75) is 13.0 Å². The second-order valence-electron chi connectivity index (χ2n) is 6.12. The van der Waals surface area contributed by atoms with E-state index in [0.717, 1.165) is 10.8 Å². The summed E-state index contributed by atoms with van der Waals surface area (Å²) in [5.74, 6) is -0.878. The fourth-order valence-corrected chi connectivity index (χ4v) is 2.65. The van der Waals surface area contributed by atoms with Crippen molar-refractivity contribution in [2.24, 2.45) is 10.2 Å². The highest BCUT2D eigenvalue weighted by molar-refractivity contribution is 5.97. The van der Waals surface area contributed by atoms with Crippen molar-refractivity contribution in [1.82, 2.24) is 5.32 Å². The highest BCUT2D eigenvalue weighted by atomic mass is 16.5. The number of phenolic OH excluding ortho intramolecular Hbond substituents is 1. The molecule has 0 heterocycles. The second-order valence-corrected chi connectivity index (χ2v) is 6.12. The van der Waals surface area contributed by atoms with Crippen LogP contribution in [0.3, 0.4) is 0 Å². The minimum absolute atomic E-state index is 0.0373. The molecule has 0 aliphatic carbocycles. The summed E-state index contributed by atoms with van der Waals surface area (Å²) < 4.78 is 4.58. The lowest BCUT2D eigenvalue weighted by Crippen LogP contribution is -2.39. The SMILES string of the molecule is COC(=O)[C@H](C)NC(=O)c1ccc(N=Nc2c(O)ccc3ccccc23)cc1. The smallest absolute Gasteiger partial charge is 0.328 e. The van der Waals surface area contributed by atoms with Crippen LogP contribution in [0.5, 0.6) is 5.75 Å². The van der Waals surface area contributed by atoms with Crippen LogP contribution in [-0.2, 0) is 9.53 Å². The zero-order valence-electron chi connectivity index (χ0n) is 15.4. The van der Waals surface area contributed by atoms with Crippen LogP contribution in [0.1, 0.15) is 17.3 Å². The first kappa shape index (κ1) is 19.0. The van der Waals surface area contributed by atoms with Gasteiger partial charge in [-0.3, -0.25) is 4.79 Å². The lowest BCUT2D eigenvalue weighted by molar-refractivity contribution is -0.142. The Hall–Kier alpha value is -3.74. The van der Waals surface area contributed by atoms with Crippen LogP contribution in [-0.4, -0.2) is 30.1 Å². The van der Waals surface area contributed by atoms with E-state index in [0.29, 0.717) is 16.9 Å². The van der Waals surface area contributed by atoms with Gasteiger partial charge in [0.25, 0.3) is 5.91 Å². The molecular formula is C21H19N3O4. The maximum Gasteiger partial charge on any atom is 0.328 e. The average Bonchev–Trinajstić information content (AvgIpc) is 2.72. The summed E-state index contributed by atoms with van der Waals surface area (Å²) in [4.78, 5) is 23.5. The van der Waals surface area contributed by atoms with Gasteiger partial charge in [0.1, 0.15) is 17.5 Å². The number of nitrogens with one attached hydrogen (secondary N) is 1. The normalized spacial score (nSPS) is 12.1. The van der Waals surface area contributed by atoms with Gasteiger partial charge in [-0.05, 0) is 42.6 Å². The summed E-state index contributed by atoms with van der Waals surface area (Å²) in [6, 6.07) is 16.6. The molecule has 0 aliphatic heterocycles. The Balaban J connectivity index is 1.77. The van der Waals surface area contributed by atoms with Crippen LogP contribution >= 0.6 is 0 Å². The number of methoxy groups -OCH3 is 1. The van der Waals surface area contributed by atoms with E-state index in [-0.39, 0.29) is 5.75 Å². The standard InChI is InChI=1S/C21H19N3O4/c1-13(21(27)28-2)22-20(26)15-7-10-16(11-8-15)23-24-19-17-6-4-3-5-14(17)9-12-18(19)25/h3-13,25H,1-2H3,(H,22,26)/t13-/m0/s1. The first-order valence-corrected chi connectivity index (χ1v) is 8.61. The van der Waals surface area contributed by atoms with E-state index < -0.39 is 17.9 Å². The Kier molecular flexibility index (Phi) is 5.64. The molecule has 1 amide bonds. The number of hydrogen-bond acceptors (Lipinski definition) is 6. The zero-order valence-corrected chi connectivity index (χ0v) is 15.4. The van der Waals surface area contributed by atoms with Gasteiger partial charge in [-0.2, -0.15) is 5.11 Å². The van der Waals surface area contributed by atoms with Crippen molar-refractivity contribution in [3.63, 3.8) is 0 Å². The number of hydrogen-bond donors (Lipinski definition) is 2. The molecule has 0 spiro atoms. The van der Waals surface area contributed by atoms with E-state index in [1.54, 1.807) is 37.3 Å². The number of rotatable bonds is 5. The predicted molar refractivity (Wildman–Crippen MR) is 105 cm³/mol. The highest BCUT2D eigenvalue weighted by Crippen LogP contribution is 2.35. The van der Waals surface area contributed by atoms with Crippen molar-refractivity contribution in [1.29, 1.82) is 0 Å². The maximum absolute atomic E-state index is 12.2.